The zero-order valence-electron chi connectivity index (χ0n) is 14.5. The van der Waals surface area contributed by atoms with Crippen molar-refractivity contribution in [1.29, 1.82) is 0 Å². The van der Waals surface area contributed by atoms with Gasteiger partial charge in [-0.25, -0.2) is 0 Å². The molecule has 2 atom stereocenters. The molecule has 0 radical (unpaired) electrons. The summed E-state index contributed by atoms with van der Waals surface area (Å²) in [7, 11) is 0. The van der Waals surface area contributed by atoms with Gasteiger partial charge >= 0.3 is 0 Å². The Morgan fingerprint density at radius 2 is 1.76 bits per heavy atom. The average molecular weight is 288 g/mol. The van der Waals surface area contributed by atoms with Crippen LogP contribution in [0.2, 0.25) is 0 Å². The molecule has 0 N–H and O–H groups in total. The maximum Gasteiger partial charge on any atom is 0.119 e. The van der Waals surface area contributed by atoms with Crippen molar-refractivity contribution in [2.24, 2.45) is 11.8 Å². The zero-order chi connectivity index (χ0) is 15.7. The first-order valence-corrected chi connectivity index (χ1v) is 8.44. The van der Waals surface area contributed by atoms with Gasteiger partial charge in [0, 0.05) is 0 Å². The quantitative estimate of drug-likeness (QED) is 0.504. The van der Waals surface area contributed by atoms with E-state index in [0.29, 0.717) is 5.92 Å². The summed E-state index contributed by atoms with van der Waals surface area (Å²) in [6.07, 6.45) is 6.95. The average Bonchev–Trinajstić information content (AvgIpc) is 2.52. The molecule has 118 valence electrons. The Kier molecular flexibility index (Phi) is 8.19. The number of hydrogen-bond donors (Lipinski definition) is 0. The maximum absolute atomic E-state index is 5.86. The van der Waals surface area contributed by atoms with Gasteiger partial charge in [-0.1, -0.05) is 51.5 Å². The van der Waals surface area contributed by atoms with Crippen molar-refractivity contribution >= 4 is 0 Å². The number of allylic oxidation sites excluding steroid dienone is 2. The second kappa shape index (κ2) is 9.65. The molecule has 2 unspecified atom stereocenters. The van der Waals surface area contributed by atoms with E-state index in [4.69, 9.17) is 4.74 Å². The van der Waals surface area contributed by atoms with E-state index in [1.807, 2.05) is 0 Å². The van der Waals surface area contributed by atoms with E-state index in [1.165, 1.54) is 17.6 Å². The van der Waals surface area contributed by atoms with E-state index < -0.39 is 0 Å². The molecule has 0 aliphatic rings. The van der Waals surface area contributed by atoms with Gasteiger partial charge in [0.2, 0.25) is 0 Å². The topological polar surface area (TPSA) is 9.23 Å². The number of hydrogen-bond acceptors (Lipinski definition) is 1. The van der Waals surface area contributed by atoms with Crippen molar-refractivity contribution in [2.75, 3.05) is 6.61 Å². The van der Waals surface area contributed by atoms with Crippen molar-refractivity contribution in [3.8, 4) is 5.75 Å². The van der Waals surface area contributed by atoms with E-state index in [0.717, 1.165) is 37.5 Å². The number of aryl methyl sites for hydroxylation is 1. The molecule has 21 heavy (non-hydrogen) atoms. The van der Waals surface area contributed by atoms with E-state index in [-0.39, 0.29) is 0 Å². The predicted molar refractivity (Wildman–Crippen MR) is 92.9 cm³/mol. The highest BCUT2D eigenvalue weighted by Crippen LogP contribution is 2.21. The van der Waals surface area contributed by atoms with E-state index in [1.54, 1.807) is 0 Å². The molecular formula is C20H32O. The SMILES string of the molecule is CC/C(C)=C/CC(C)C(C)CCOc1ccc(CC)cc1. The molecule has 1 heteroatoms. The molecule has 1 rings (SSSR count). The van der Waals surface area contributed by atoms with Gasteiger partial charge in [0.05, 0.1) is 6.61 Å². The molecule has 0 spiro atoms. The third-order valence-corrected chi connectivity index (χ3v) is 4.54. The molecule has 0 heterocycles. The number of benzene rings is 1. The molecule has 1 aromatic carbocycles. The fraction of sp³-hybridized carbons (Fsp3) is 0.600. The van der Waals surface area contributed by atoms with Crippen LogP contribution < -0.4 is 4.74 Å². The highest BCUT2D eigenvalue weighted by Gasteiger charge is 2.11. The lowest BCUT2D eigenvalue weighted by Crippen LogP contribution is -2.11. The highest BCUT2D eigenvalue weighted by molar-refractivity contribution is 5.27. The lowest BCUT2D eigenvalue weighted by atomic mass is 9.89. The Morgan fingerprint density at radius 1 is 1.10 bits per heavy atom. The fourth-order valence-corrected chi connectivity index (χ4v) is 2.23. The van der Waals surface area contributed by atoms with E-state index in [9.17, 15) is 0 Å². The first kappa shape index (κ1) is 17.8. The van der Waals surface area contributed by atoms with Crippen LogP contribution >= 0.6 is 0 Å². The van der Waals surface area contributed by atoms with Gasteiger partial charge in [0.15, 0.2) is 0 Å². The van der Waals surface area contributed by atoms with Crippen LogP contribution in [0.1, 0.15) is 59.4 Å². The summed E-state index contributed by atoms with van der Waals surface area (Å²) < 4.78 is 5.86. The second-order valence-electron chi connectivity index (χ2n) is 6.23. The smallest absolute Gasteiger partial charge is 0.119 e. The number of rotatable bonds is 9. The molecule has 0 aliphatic carbocycles. The van der Waals surface area contributed by atoms with Crippen LogP contribution in [0, 0.1) is 11.8 Å². The van der Waals surface area contributed by atoms with E-state index >= 15 is 0 Å². The van der Waals surface area contributed by atoms with Gasteiger partial charge in [-0.15, -0.1) is 0 Å². The van der Waals surface area contributed by atoms with Crippen molar-refractivity contribution in [3.05, 3.63) is 41.5 Å². The minimum atomic E-state index is 0.695. The molecule has 0 aliphatic heterocycles. The van der Waals surface area contributed by atoms with Gasteiger partial charge in [0.1, 0.15) is 5.75 Å². The van der Waals surface area contributed by atoms with Crippen LogP contribution in [0.4, 0.5) is 0 Å². The first-order valence-electron chi connectivity index (χ1n) is 8.44. The highest BCUT2D eigenvalue weighted by atomic mass is 16.5. The Morgan fingerprint density at radius 3 is 2.33 bits per heavy atom. The molecular weight excluding hydrogens is 256 g/mol. The fourth-order valence-electron chi connectivity index (χ4n) is 2.23. The van der Waals surface area contributed by atoms with Crippen LogP contribution in [-0.2, 0) is 6.42 Å². The van der Waals surface area contributed by atoms with Gasteiger partial charge in [-0.2, -0.15) is 0 Å². The molecule has 1 aromatic rings. The predicted octanol–water partition coefficient (Wildman–Crippen LogP) is 6.04. The lowest BCUT2D eigenvalue weighted by molar-refractivity contribution is 0.253. The van der Waals surface area contributed by atoms with Gasteiger partial charge < -0.3 is 4.74 Å². The first-order chi connectivity index (χ1) is 10.1. The van der Waals surface area contributed by atoms with Crippen LogP contribution in [0.3, 0.4) is 0 Å². The molecule has 0 amide bonds. The molecule has 0 saturated carbocycles. The minimum Gasteiger partial charge on any atom is -0.494 e. The van der Waals surface area contributed by atoms with Gasteiger partial charge in [0.25, 0.3) is 0 Å². The summed E-state index contributed by atoms with van der Waals surface area (Å²) in [6.45, 7) is 12.1. The largest absolute Gasteiger partial charge is 0.494 e. The number of ether oxygens (including phenoxy) is 1. The third-order valence-electron chi connectivity index (χ3n) is 4.54. The lowest BCUT2D eigenvalue weighted by Gasteiger charge is -2.19. The Bertz CT molecular complexity index is 416. The van der Waals surface area contributed by atoms with E-state index in [2.05, 4.69) is 65.0 Å². The van der Waals surface area contributed by atoms with Crippen LogP contribution in [-0.4, -0.2) is 6.61 Å². The summed E-state index contributed by atoms with van der Waals surface area (Å²) in [5.41, 5.74) is 2.86. The van der Waals surface area contributed by atoms with Crippen molar-refractivity contribution in [3.63, 3.8) is 0 Å². The standard InChI is InChI=1S/C20H32O/c1-6-16(3)8-9-17(4)18(5)14-15-21-20-12-10-19(7-2)11-13-20/h8,10-13,17-18H,6-7,9,14-15H2,1-5H3/b16-8+. The summed E-state index contributed by atoms with van der Waals surface area (Å²) in [5.74, 6) is 2.41. The van der Waals surface area contributed by atoms with Crippen LogP contribution in [0.5, 0.6) is 5.75 Å². The molecule has 0 bridgehead atoms. The molecule has 1 nitrogen and oxygen atoms in total. The Labute approximate surface area is 131 Å². The van der Waals surface area contributed by atoms with Crippen molar-refractivity contribution < 1.29 is 4.74 Å². The zero-order valence-corrected chi connectivity index (χ0v) is 14.5. The summed E-state index contributed by atoms with van der Waals surface area (Å²) in [6, 6.07) is 8.47. The maximum atomic E-state index is 5.86. The van der Waals surface area contributed by atoms with Gasteiger partial charge in [-0.3, -0.25) is 0 Å². The van der Waals surface area contributed by atoms with Crippen LogP contribution in [0.25, 0.3) is 0 Å². The summed E-state index contributed by atoms with van der Waals surface area (Å²) in [4.78, 5) is 0. The molecule has 0 fully saturated rings. The Balaban J connectivity index is 2.30. The van der Waals surface area contributed by atoms with Crippen molar-refractivity contribution in [2.45, 2.75) is 60.3 Å². The van der Waals surface area contributed by atoms with Gasteiger partial charge in [-0.05, 0) is 62.1 Å². The molecule has 0 saturated heterocycles. The summed E-state index contributed by atoms with van der Waals surface area (Å²) in [5, 5.41) is 0. The van der Waals surface area contributed by atoms with Crippen LogP contribution in [0.15, 0.2) is 35.9 Å². The monoisotopic (exact) mass is 288 g/mol. The minimum absolute atomic E-state index is 0.695. The molecule has 0 aromatic heterocycles. The Hall–Kier alpha value is -1.24. The second-order valence-corrected chi connectivity index (χ2v) is 6.23. The van der Waals surface area contributed by atoms with Crippen molar-refractivity contribution in [1.82, 2.24) is 0 Å². The summed E-state index contributed by atoms with van der Waals surface area (Å²) >= 11 is 0. The third kappa shape index (κ3) is 6.84. The normalized spacial score (nSPS) is 14.8.